The molecule has 3 N–H and O–H groups in total. The van der Waals surface area contributed by atoms with E-state index in [0.717, 1.165) is 36.6 Å². The number of alkyl halides is 3. The van der Waals surface area contributed by atoms with Crippen LogP contribution in [0, 0.1) is 0 Å². The summed E-state index contributed by atoms with van der Waals surface area (Å²) in [5, 5.41) is 16.4. The average Bonchev–Trinajstić information content (AvgIpc) is 2.85. The summed E-state index contributed by atoms with van der Waals surface area (Å²) in [6, 6.07) is 7.96. The van der Waals surface area contributed by atoms with E-state index in [1.165, 1.54) is 6.07 Å². The fourth-order valence-corrected chi connectivity index (χ4v) is 4.98. The van der Waals surface area contributed by atoms with Crippen LogP contribution in [0.5, 0.6) is 5.88 Å². The molecule has 1 aromatic carbocycles. The highest BCUT2D eigenvalue weighted by Crippen LogP contribution is 2.39. The first-order valence-corrected chi connectivity index (χ1v) is 12.8. The monoisotopic (exact) mass is 534 g/mol. The predicted octanol–water partition coefficient (Wildman–Crippen LogP) is 3.25. The number of ether oxygens (including phenoxy) is 1. The van der Waals surface area contributed by atoms with Crippen molar-refractivity contribution in [2.45, 2.75) is 69.5 Å². The van der Waals surface area contributed by atoms with E-state index in [1.54, 1.807) is 12.3 Å². The highest BCUT2D eigenvalue weighted by Gasteiger charge is 2.40. The third-order valence-electron chi connectivity index (χ3n) is 7.07. The van der Waals surface area contributed by atoms with Gasteiger partial charge in [0.25, 0.3) is 5.91 Å². The van der Waals surface area contributed by atoms with Gasteiger partial charge in [-0.2, -0.15) is 13.2 Å². The van der Waals surface area contributed by atoms with Crippen LogP contribution in [0.3, 0.4) is 0 Å². The smallest absolute Gasteiger partial charge is 0.416 e. The Kier molecular flexibility index (Phi) is 8.27. The maximum absolute atomic E-state index is 12.8. The minimum atomic E-state index is -4.55. The fourth-order valence-electron chi connectivity index (χ4n) is 4.98. The van der Waals surface area contributed by atoms with E-state index >= 15 is 0 Å². The summed E-state index contributed by atoms with van der Waals surface area (Å²) in [7, 11) is 0. The van der Waals surface area contributed by atoms with Crippen LogP contribution in [0.15, 0.2) is 42.6 Å². The van der Waals surface area contributed by atoms with Gasteiger partial charge in [0.2, 0.25) is 11.8 Å². The zero-order chi connectivity index (χ0) is 27.5. The lowest BCUT2D eigenvalue weighted by Gasteiger charge is -2.48. The van der Waals surface area contributed by atoms with Crippen LogP contribution in [0.4, 0.5) is 13.2 Å². The van der Waals surface area contributed by atoms with Crippen molar-refractivity contribution in [3.63, 3.8) is 0 Å². The first kappa shape index (κ1) is 27.8. The average molecular weight is 535 g/mol. The van der Waals surface area contributed by atoms with E-state index in [1.807, 2.05) is 19.9 Å². The predicted molar refractivity (Wildman–Crippen MR) is 133 cm³/mol. The molecule has 0 spiro atoms. The molecule has 1 aromatic heterocycles. The first-order valence-electron chi connectivity index (χ1n) is 12.8. The number of rotatable bonds is 8. The molecule has 2 amide bonds. The van der Waals surface area contributed by atoms with Gasteiger partial charge >= 0.3 is 6.18 Å². The zero-order valence-electron chi connectivity index (χ0n) is 21.4. The van der Waals surface area contributed by atoms with Gasteiger partial charge in [-0.25, -0.2) is 4.98 Å². The molecule has 0 unspecified atom stereocenters. The summed E-state index contributed by atoms with van der Waals surface area (Å²) in [6.07, 6.45) is 0.00597. The number of likely N-dealkylation sites (tertiary alicyclic amines) is 1. The molecule has 2 aromatic rings. The molecule has 0 atom stereocenters. The van der Waals surface area contributed by atoms with Gasteiger partial charge in [-0.1, -0.05) is 6.07 Å². The number of aromatic nitrogens is 1. The normalized spacial score (nSPS) is 22.6. The van der Waals surface area contributed by atoms with E-state index in [0.29, 0.717) is 37.9 Å². The quantitative estimate of drug-likeness (QED) is 0.481. The molecular weight excluding hydrogens is 501 g/mol. The Morgan fingerprint density at radius 1 is 1.18 bits per heavy atom. The van der Waals surface area contributed by atoms with Gasteiger partial charge in [-0.3, -0.25) is 14.5 Å². The van der Waals surface area contributed by atoms with Crippen molar-refractivity contribution < 1.29 is 32.6 Å². The van der Waals surface area contributed by atoms with E-state index in [4.69, 9.17) is 4.74 Å². The standard InChI is InChI=1S/C27H33F3N4O4/c1-17(2)38-24-7-6-20(13-31-24)26(37)10-8-22(9-11-26)34-15-21(16-34)33-23(35)14-32-25(36)18-4-3-5-19(12-18)27(28,29)30/h3-7,12-13,17,21-22,37H,8-11,14-16H2,1-2H3,(H,32,36)(H,33,35). The van der Waals surface area contributed by atoms with Crippen molar-refractivity contribution in [1.29, 1.82) is 0 Å². The van der Waals surface area contributed by atoms with E-state index < -0.39 is 29.2 Å². The van der Waals surface area contributed by atoms with Gasteiger partial charge in [0.05, 0.1) is 29.9 Å². The number of hydrogen-bond acceptors (Lipinski definition) is 6. The minimum absolute atomic E-state index is 0.0280. The van der Waals surface area contributed by atoms with E-state index in [-0.39, 0.29) is 24.3 Å². The third kappa shape index (κ3) is 6.82. The number of nitrogens with one attached hydrogen (secondary N) is 2. The molecule has 11 heteroatoms. The second-order valence-corrected chi connectivity index (χ2v) is 10.3. The molecule has 1 saturated carbocycles. The summed E-state index contributed by atoms with van der Waals surface area (Å²) in [5.41, 5.74) is -1.21. The van der Waals surface area contributed by atoms with Crippen molar-refractivity contribution in [2.24, 2.45) is 0 Å². The van der Waals surface area contributed by atoms with Gasteiger partial charge in [0.15, 0.2) is 0 Å². The molecule has 206 valence electrons. The van der Waals surface area contributed by atoms with Crippen LogP contribution in [-0.4, -0.2) is 64.6 Å². The van der Waals surface area contributed by atoms with Crippen molar-refractivity contribution in [1.82, 2.24) is 20.5 Å². The highest BCUT2D eigenvalue weighted by atomic mass is 19.4. The fraction of sp³-hybridized carbons (Fsp3) is 0.519. The minimum Gasteiger partial charge on any atom is -0.475 e. The first-order chi connectivity index (χ1) is 17.9. The molecule has 2 fully saturated rings. The summed E-state index contributed by atoms with van der Waals surface area (Å²) in [5.74, 6) is -0.608. The van der Waals surface area contributed by atoms with Crippen LogP contribution >= 0.6 is 0 Å². The summed E-state index contributed by atoms with van der Waals surface area (Å²) in [6.45, 7) is 4.87. The maximum atomic E-state index is 12.8. The summed E-state index contributed by atoms with van der Waals surface area (Å²) < 4.78 is 44.1. The van der Waals surface area contributed by atoms with Gasteiger partial charge in [-0.15, -0.1) is 0 Å². The van der Waals surface area contributed by atoms with Crippen LogP contribution in [0.2, 0.25) is 0 Å². The number of amides is 2. The number of pyridine rings is 1. The molecule has 2 heterocycles. The van der Waals surface area contributed by atoms with Gasteiger partial charge in [0, 0.05) is 42.5 Å². The number of halogens is 3. The maximum Gasteiger partial charge on any atom is 0.416 e. The van der Waals surface area contributed by atoms with Crippen molar-refractivity contribution in [2.75, 3.05) is 19.6 Å². The van der Waals surface area contributed by atoms with Gasteiger partial charge < -0.3 is 20.5 Å². The Balaban J connectivity index is 1.17. The Hall–Kier alpha value is -3.18. The lowest BCUT2D eigenvalue weighted by molar-refractivity contribution is -0.137. The van der Waals surface area contributed by atoms with Crippen LogP contribution in [0.1, 0.15) is 61.0 Å². The van der Waals surface area contributed by atoms with Gasteiger partial charge in [0.1, 0.15) is 0 Å². The Labute approximate surface area is 219 Å². The highest BCUT2D eigenvalue weighted by molar-refractivity contribution is 5.96. The zero-order valence-corrected chi connectivity index (χ0v) is 21.4. The molecule has 1 aliphatic heterocycles. The van der Waals surface area contributed by atoms with Crippen LogP contribution < -0.4 is 15.4 Å². The molecule has 2 aliphatic rings. The molecule has 0 bridgehead atoms. The topological polar surface area (TPSA) is 104 Å². The molecule has 8 nitrogen and oxygen atoms in total. The van der Waals surface area contributed by atoms with Crippen LogP contribution in [0.25, 0.3) is 0 Å². The second kappa shape index (κ2) is 11.3. The lowest BCUT2D eigenvalue weighted by atomic mass is 9.77. The lowest BCUT2D eigenvalue weighted by Crippen LogP contribution is -2.63. The summed E-state index contributed by atoms with van der Waals surface area (Å²) in [4.78, 5) is 31.0. The van der Waals surface area contributed by atoms with E-state index in [9.17, 15) is 27.9 Å². The number of nitrogens with zero attached hydrogens (tertiary/aromatic N) is 2. The molecule has 1 aliphatic carbocycles. The molecular formula is C27H33F3N4O4. The molecule has 38 heavy (non-hydrogen) atoms. The molecule has 0 radical (unpaired) electrons. The molecule has 4 rings (SSSR count). The number of aliphatic hydroxyl groups is 1. The Morgan fingerprint density at radius 2 is 1.89 bits per heavy atom. The van der Waals surface area contributed by atoms with E-state index in [2.05, 4.69) is 20.5 Å². The number of carbonyl (C=O) groups is 2. The number of hydrogen-bond donors (Lipinski definition) is 3. The number of carbonyl (C=O) groups excluding carboxylic acids is 2. The van der Waals surface area contributed by atoms with Crippen molar-refractivity contribution in [3.05, 3.63) is 59.3 Å². The number of benzene rings is 1. The second-order valence-electron chi connectivity index (χ2n) is 10.3. The largest absolute Gasteiger partial charge is 0.475 e. The molecule has 1 saturated heterocycles. The summed E-state index contributed by atoms with van der Waals surface area (Å²) >= 11 is 0. The van der Waals surface area contributed by atoms with Crippen molar-refractivity contribution >= 4 is 11.8 Å². The van der Waals surface area contributed by atoms with Gasteiger partial charge in [-0.05, 0) is 63.8 Å². The van der Waals surface area contributed by atoms with Crippen molar-refractivity contribution in [3.8, 4) is 5.88 Å². The Morgan fingerprint density at radius 3 is 2.50 bits per heavy atom. The SMILES string of the molecule is CC(C)Oc1ccc(C2(O)CCC(N3CC(NC(=O)CNC(=O)c4cccc(C(F)(F)F)c4)C3)CC2)cn1. The third-order valence-corrected chi connectivity index (χ3v) is 7.07. The van der Waals surface area contributed by atoms with Crippen LogP contribution in [-0.2, 0) is 16.6 Å². The Bertz CT molecular complexity index is 1130.